The van der Waals surface area contributed by atoms with E-state index in [0.717, 1.165) is 5.56 Å². The third kappa shape index (κ3) is 3.55. The van der Waals surface area contributed by atoms with Crippen LogP contribution in [-0.4, -0.2) is 11.4 Å². The lowest BCUT2D eigenvalue weighted by Gasteiger charge is -2.23. The van der Waals surface area contributed by atoms with E-state index in [4.69, 9.17) is 11.5 Å². The Morgan fingerprint density at radius 3 is 2.19 bits per heavy atom. The van der Waals surface area contributed by atoms with Crippen LogP contribution in [0.1, 0.15) is 32.4 Å². The highest BCUT2D eigenvalue weighted by molar-refractivity contribution is 5.83. The topological polar surface area (TPSA) is 81.1 Å². The van der Waals surface area contributed by atoms with Crippen molar-refractivity contribution in [2.45, 2.75) is 32.4 Å². The van der Waals surface area contributed by atoms with Crippen LogP contribution in [0, 0.1) is 0 Å². The van der Waals surface area contributed by atoms with Crippen molar-refractivity contribution in [3.63, 3.8) is 0 Å². The molecule has 0 saturated heterocycles. The number of hydrogen-bond donors (Lipinski definition) is 3. The molecule has 0 fully saturated rings. The molecule has 1 aromatic rings. The molecule has 5 N–H and O–H groups in total. The first-order chi connectivity index (χ1) is 7.29. The van der Waals surface area contributed by atoms with E-state index in [2.05, 4.69) is 5.32 Å². The summed E-state index contributed by atoms with van der Waals surface area (Å²) in [6.45, 7) is 5.75. The number of nitrogens with one attached hydrogen (secondary N) is 1. The van der Waals surface area contributed by atoms with E-state index >= 15 is 0 Å². The molecule has 0 spiro atoms. The number of nitrogen functional groups attached to an aromatic ring is 1. The Balaban J connectivity index is 2.74. The SMILES string of the molecule is CC(C)(C)NC(=O)C(N)c1ccc(N)cc1. The van der Waals surface area contributed by atoms with Gasteiger partial charge in [0.25, 0.3) is 0 Å². The van der Waals surface area contributed by atoms with Crippen molar-refractivity contribution in [1.29, 1.82) is 0 Å². The predicted octanol–water partition coefficient (Wildman–Crippen LogP) is 1.18. The second kappa shape index (κ2) is 4.53. The van der Waals surface area contributed by atoms with Crippen molar-refractivity contribution >= 4 is 11.6 Å². The zero-order valence-corrected chi connectivity index (χ0v) is 9.95. The lowest BCUT2D eigenvalue weighted by molar-refractivity contribution is -0.123. The fourth-order valence-corrected chi connectivity index (χ4v) is 1.30. The zero-order chi connectivity index (χ0) is 12.3. The second-order valence-electron chi connectivity index (χ2n) is 4.88. The van der Waals surface area contributed by atoms with E-state index in [1.165, 1.54) is 0 Å². The predicted molar refractivity (Wildman–Crippen MR) is 65.7 cm³/mol. The van der Waals surface area contributed by atoms with Gasteiger partial charge in [-0.1, -0.05) is 12.1 Å². The molecule has 1 unspecified atom stereocenters. The van der Waals surface area contributed by atoms with Gasteiger partial charge >= 0.3 is 0 Å². The zero-order valence-electron chi connectivity index (χ0n) is 9.95. The summed E-state index contributed by atoms with van der Waals surface area (Å²) < 4.78 is 0. The molecule has 1 aromatic carbocycles. The van der Waals surface area contributed by atoms with Crippen molar-refractivity contribution in [2.24, 2.45) is 5.73 Å². The average molecular weight is 221 g/mol. The Labute approximate surface area is 96.0 Å². The van der Waals surface area contributed by atoms with Gasteiger partial charge in [-0.05, 0) is 38.5 Å². The molecule has 0 saturated carbocycles. The van der Waals surface area contributed by atoms with Crippen LogP contribution < -0.4 is 16.8 Å². The number of rotatable bonds is 2. The summed E-state index contributed by atoms with van der Waals surface area (Å²) in [6.07, 6.45) is 0. The van der Waals surface area contributed by atoms with E-state index < -0.39 is 6.04 Å². The number of amides is 1. The number of carbonyl (C=O) groups is 1. The first kappa shape index (κ1) is 12.5. The number of nitrogens with two attached hydrogens (primary N) is 2. The lowest BCUT2D eigenvalue weighted by atomic mass is 10.0. The Kier molecular flexibility index (Phi) is 3.55. The van der Waals surface area contributed by atoms with Gasteiger partial charge in [-0.2, -0.15) is 0 Å². The molecule has 0 aliphatic rings. The van der Waals surface area contributed by atoms with Crippen LogP contribution >= 0.6 is 0 Å². The summed E-state index contributed by atoms with van der Waals surface area (Å²) in [5.74, 6) is -0.183. The van der Waals surface area contributed by atoms with Crippen LogP contribution in [0.15, 0.2) is 24.3 Å². The lowest BCUT2D eigenvalue weighted by Crippen LogP contribution is -2.45. The van der Waals surface area contributed by atoms with Crippen LogP contribution in [-0.2, 0) is 4.79 Å². The van der Waals surface area contributed by atoms with Crippen LogP contribution in [0.4, 0.5) is 5.69 Å². The highest BCUT2D eigenvalue weighted by Crippen LogP contribution is 2.14. The Morgan fingerprint density at radius 2 is 1.75 bits per heavy atom. The highest BCUT2D eigenvalue weighted by Gasteiger charge is 2.20. The average Bonchev–Trinajstić information content (AvgIpc) is 2.15. The molecule has 88 valence electrons. The largest absolute Gasteiger partial charge is 0.399 e. The third-order valence-electron chi connectivity index (χ3n) is 2.08. The van der Waals surface area contributed by atoms with Gasteiger partial charge in [0, 0.05) is 11.2 Å². The first-order valence-electron chi connectivity index (χ1n) is 5.22. The molecule has 0 aliphatic heterocycles. The molecule has 0 radical (unpaired) electrons. The number of benzene rings is 1. The van der Waals surface area contributed by atoms with Crippen LogP contribution in [0.2, 0.25) is 0 Å². The van der Waals surface area contributed by atoms with E-state index in [1.54, 1.807) is 24.3 Å². The molecule has 4 nitrogen and oxygen atoms in total. The second-order valence-corrected chi connectivity index (χ2v) is 4.88. The minimum Gasteiger partial charge on any atom is -0.399 e. The van der Waals surface area contributed by atoms with Crippen molar-refractivity contribution in [3.8, 4) is 0 Å². The number of carbonyl (C=O) groups excluding carboxylic acids is 1. The molecule has 1 amide bonds. The van der Waals surface area contributed by atoms with Gasteiger partial charge in [0.05, 0.1) is 0 Å². The summed E-state index contributed by atoms with van der Waals surface area (Å²) in [4.78, 5) is 11.8. The number of anilines is 1. The van der Waals surface area contributed by atoms with Gasteiger partial charge in [-0.15, -0.1) is 0 Å². The molecule has 4 heteroatoms. The van der Waals surface area contributed by atoms with Crippen molar-refractivity contribution < 1.29 is 4.79 Å². The van der Waals surface area contributed by atoms with Crippen molar-refractivity contribution in [2.75, 3.05) is 5.73 Å². The Morgan fingerprint density at radius 1 is 1.25 bits per heavy atom. The molecule has 0 aliphatic carbocycles. The molecule has 0 bridgehead atoms. The molecular formula is C12H19N3O. The molecule has 1 rings (SSSR count). The van der Waals surface area contributed by atoms with Crippen LogP contribution in [0.3, 0.4) is 0 Å². The maximum atomic E-state index is 11.8. The molecule has 0 heterocycles. The fraction of sp³-hybridized carbons (Fsp3) is 0.417. The van der Waals surface area contributed by atoms with E-state index in [0.29, 0.717) is 5.69 Å². The van der Waals surface area contributed by atoms with Crippen molar-refractivity contribution in [1.82, 2.24) is 5.32 Å². The maximum Gasteiger partial charge on any atom is 0.241 e. The minimum absolute atomic E-state index is 0.183. The van der Waals surface area contributed by atoms with Crippen LogP contribution in [0.25, 0.3) is 0 Å². The van der Waals surface area contributed by atoms with Gasteiger partial charge in [-0.25, -0.2) is 0 Å². The van der Waals surface area contributed by atoms with Crippen LogP contribution in [0.5, 0.6) is 0 Å². The smallest absolute Gasteiger partial charge is 0.241 e. The highest BCUT2D eigenvalue weighted by atomic mass is 16.2. The molecule has 1 atom stereocenters. The fourth-order valence-electron chi connectivity index (χ4n) is 1.30. The summed E-state index contributed by atoms with van der Waals surface area (Å²) in [7, 11) is 0. The van der Waals surface area contributed by atoms with E-state index in [-0.39, 0.29) is 11.4 Å². The third-order valence-corrected chi connectivity index (χ3v) is 2.08. The van der Waals surface area contributed by atoms with Gasteiger partial charge in [0.15, 0.2) is 0 Å². The molecular weight excluding hydrogens is 202 g/mol. The van der Waals surface area contributed by atoms with Gasteiger partial charge in [0.2, 0.25) is 5.91 Å². The molecule has 16 heavy (non-hydrogen) atoms. The summed E-state index contributed by atoms with van der Waals surface area (Å²) >= 11 is 0. The Hall–Kier alpha value is -1.55. The number of hydrogen-bond acceptors (Lipinski definition) is 3. The quantitative estimate of drug-likeness (QED) is 0.656. The minimum atomic E-state index is -0.653. The Bertz CT molecular complexity index is 365. The van der Waals surface area contributed by atoms with Gasteiger partial charge in [-0.3, -0.25) is 4.79 Å². The van der Waals surface area contributed by atoms with Gasteiger partial charge < -0.3 is 16.8 Å². The maximum absolute atomic E-state index is 11.8. The standard InChI is InChI=1S/C12H19N3O/c1-12(2,3)15-11(16)10(14)8-4-6-9(13)7-5-8/h4-7,10H,13-14H2,1-3H3,(H,15,16). The van der Waals surface area contributed by atoms with Gasteiger partial charge in [0.1, 0.15) is 6.04 Å². The summed E-state index contributed by atoms with van der Waals surface area (Å²) in [5, 5.41) is 2.84. The van der Waals surface area contributed by atoms with Crippen molar-refractivity contribution in [3.05, 3.63) is 29.8 Å². The normalized spacial score (nSPS) is 13.2. The first-order valence-corrected chi connectivity index (χ1v) is 5.22. The molecule has 0 aromatic heterocycles. The monoisotopic (exact) mass is 221 g/mol. The van der Waals surface area contributed by atoms with E-state index in [1.807, 2.05) is 20.8 Å². The van der Waals surface area contributed by atoms with E-state index in [9.17, 15) is 4.79 Å². The summed E-state index contributed by atoms with van der Waals surface area (Å²) in [5.41, 5.74) is 12.6. The summed E-state index contributed by atoms with van der Waals surface area (Å²) in [6, 6.07) is 6.35.